The van der Waals surface area contributed by atoms with Crippen molar-refractivity contribution in [2.75, 3.05) is 0 Å². The molecule has 120 valence electrons. The molecule has 3 rings (SSSR count). The van der Waals surface area contributed by atoms with E-state index in [2.05, 4.69) is 0 Å². The van der Waals surface area contributed by atoms with E-state index in [4.69, 9.17) is 9.47 Å². The summed E-state index contributed by atoms with van der Waals surface area (Å²) in [5, 5.41) is 0. The molecular weight excluding hydrogens is 307 g/mol. The summed E-state index contributed by atoms with van der Waals surface area (Å²) in [4.78, 5) is 10.7. The molecule has 0 heterocycles. The third kappa shape index (κ3) is 3.79. The number of hydrogen-bond acceptors (Lipinski definition) is 3. The van der Waals surface area contributed by atoms with Gasteiger partial charge >= 0.3 is 0 Å². The topological polar surface area (TPSA) is 35.5 Å². The number of ether oxygens (including phenoxy) is 2. The van der Waals surface area contributed by atoms with Crippen LogP contribution in [0.25, 0.3) is 0 Å². The quantitative estimate of drug-likeness (QED) is 0.598. The van der Waals surface area contributed by atoms with Crippen LogP contribution in [0.2, 0.25) is 0 Å². The van der Waals surface area contributed by atoms with E-state index in [0.29, 0.717) is 30.1 Å². The van der Waals surface area contributed by atoms with Gasteiger partial charge in [0.1, 0.15) is 18.2 Å². The van der Waals surface area contributed by atoms with E-state index < -0.39 is 5.82 Å². The van der Waals surface area contributed by atoms with Crippen LogP contribution in [0.4, 0.5) is 4.39 Å². The lowest BCUT2D eigenvalue weighted by atomic mass is 10.2. The Morgan fingerprint density at radius 2 is 1.58 bits per heavy atom. The molecule has 0 saturated heterocycles. The summed E-state index contributed by atoms with van der Waals surface area (Å²) < 4.78 is 25.2. The Bertz CT molecular complexity index is 831. The van der Waals surface area contributed by atoms with Crippen molar-refractivity contribution in [3.63, 3.8) is 0 Å². The second kappa shape index (κ2) is 7.42. The zero-order chi connectivity index (χ0) is 16.8. The van der Waals surface area contributed by atoms with Gasteiger partial charge in [-0.05, 0) is 29.8 Å². The lowest BCUT2D eigenvalue weighted by molar-refractivity contribution is 0.112. The first-order valence-corrected chi connectivity index (χ1v) is 7.44. The Kier molecular flexibility index (Phi) is 4.87. The van der Waals surface area contributed by atoms with Gasteiger partial charge in [0.05, 0.1) is 5.56 Å². The maximum Gasteiger partial charge on any atom is 0.169 e. The van der Waals surface area contributed by atoms with Crippen LogP contribution in [0.3, 0.4) is 0 Å². The molecule has 0 N–H and O–H groups in total. The van der Waals surface area contributed by atoms with Gasteiger partial charge in [-0.3, -0.25) is 4.79 Å². The molecule has 24 heavy (non-hydrogen) atoms. The minimum Gasteiger partial charge on any atom is -0.485 e. The van der Waals surface area contributed by atoms with Gasteiger partial charge in [-0.15, -0.1) is 0 Å². The number of benzene rings is 3. The Morgan fingerprint density at radius 1 is 0.875 bits per heavy atom. The second-order valence-electron chi connectivity index (χ2n) is 5.12. The molecule has 0 aliphatic carbocycles. The van der Waals surface area contributed by atoms with Crippen molar-refractivity contribution < 1.29 is 18.7 Å². The highest BCUT2D eigenvalue weighted by molar-refractivity contribution is 5.75. The molecule has 0 amide bonds. The smallest absolute Gasteiger partial charge is 0.169 e. The molecule has 3 aromatic carbocycles. The normalized spacial score (nSPS) is 10.2. The first kappa shape index (κ1) is 15.7. The predicted octanol–water partition coefficient (Wildman–Crippen LogP) is 5.01. The SMILES string of the molecule is O=Cc1ccc(Oc2ccccc2OCc2ccccc2)cc1F. The summed E-state index contributed by atoms with van der Waals surface area (Å²) in [6.07, 6.45) is 0.468. The molecule has 0 aliphatic heterocycles. The predicted molar refractivity (Wildman–Crippen MR) is 89.1 cm³/mol. The monoisotopic (exact) mass is 322 g/mol. The average Bonchev–Trinajstić information content (AvgIpc) is 2.62. The van der Waals surface area contributed by atoms with Crippen molar-refractivity contribution >= 4 is 6.29 Å². The highest BCUT2D eigenvalue weighted by atomic mass is 19.1. The van der Waals surface area contributed by atoms with E-state index in [9.17, 15) is 9.18 Å². The number of carbonyl (C=O) groups excluding carboxylic acids is 1. The molecule has 0 spiro atoms. The summed E-state index contributed by atoms with van der Waals surface area (Å²) in [7, 11) is 0. The molecule has 3 nitrogen and oxygen atoms in total. The largest absolute Gasteiger partial charge is 0.485 e. The molecule has 3 aromatic rings. The number of hydrogen-bond donors (Lipinski definition) is 0. The second-order valence-corrected chi connectivity index (χ2v) is 5.12. The van der Waals surface area contributed by atoms with Crippen LogP contribution in [-0.2, 0) is 6.61 Å². The van der Waals surface area contributed by atoms with Crippen molar-refractivity contribution in [2.24, 2.45) is 0 Å². The summed E-state index contributed by atoms with van der Waals surface area (Å²) in [5.74, 6) is 0.715. The molecule has 0 saturated carbocycles. The molecular formula is C20H15FO3. The lowest BCUT2D eigenvalue weighted by Gasteiger charge is -2.12. The van der Waals surface area contributed by atoms with Gasteiger partial charge in [0.15, 0.2) is 17.8 Å². The third-order valence-electron chi connectivity index (χ3n) is 3.41. The molecule has 0 bridgehead atoms. The molecule has 0 aliphatic rings. The van der Waals surface area contributed by atoms with Gasteiger partial charge in [-0.2, -0.15) is 0 Å². The molecule has 0 atom stereocenters. The minimum absolute atomic E-state index is 0.00374. The van der Waals surface area contributed by atoms with Gasteiger partial charge in [-0.25, -0.2) is 4.39 Å². The van der Waals surface area contributed by atoms with Crippen LogP contribution in [0.1, 0.15) is 15.9 Å². The van der Waals surface area contributed by atoms with E-state index >= 15 is 0 Å². The number of para-hydroxylation sites is 2. The molecule has 0 fully saturated rings. The average molecular weight is 322 g/mol. The van der Waals surface area contributed by atoms with E-state index in [1.165, 1.54) is 12.1 Å². The maximum atomic E-state index is 13.7. The van der Waals surface area contributed by atoms with Gasteiger partial charge in [0, 0.05) is 6.07 Å². The highest BCUT2D eigenvalue weighted by Gasteiger charge is 2.08. The van der Waals surface area contributed by atoms with Gasteiger partial charge in [0.2, 0.25) is 0 Å². The van der Waals surface area contributed by atoms with Crippen LogP contribution < -0.4 is 9.47 Å². The fraction of sp³-hybridized carbons (Fsp3) is 0.0500. The summed E-state index contributed by atoms with van der Waals surface area (Å²) in [6, 6.07) is 21.0. The van der Waals surface area contributed by atoms with Crippen molar-refractivity contribution in [2.45, 2.75) is 6.61 Å². The first-order chi connectivity index (χ1) is 11.8. The number of rotatable bonds is 6. The summed E-state index contributed by atoms with van der Waals surface area (Å²) in [6.45, 7) is 0.402. The Morgan fingerprint density at radius 3 is 2.29 bits per heavy atom. The molecule has 0 unspecified atom stereocenters. The van der Waals surface area contributed by atoms with Crippen LogP contribution in [-0.4, -0.2) is 6.29 Å². The van der Waals surface area contributed by atoms with Crippen molar-refractivity contribution in [3.05, 3.63) is 89.7 Å². The van der Waals surface area contributed by atoms with Gasteiger partial charge in [-0.1, -0.05) is 42.5 Å². The van der Waals surface area contributed by atoms with Crippen LogP contribution >= 0.6 is 0 Å². The van der Waals surface area contributed by atoms with Crippen LogP contribution in [0, 0.1) is 5.82 Å². The fourth-order valence-corrected chi connectivity index (χ4v) is 2.18. The van der Waals surface area contributed by atoms with Gasteiger partial charge < -0.3 is 9.47 Å². The highest BCUT2D eigenvalue weighted by Crippen LogP contribution is 2.32. The summed E-state index contributed by atoms with van der Waals surface area (Å²) in [5.41, 5.74) is 1.03. The Balaban J connectivity index is 1.76. The van der Waals surface area contributed by atoms with E-state index in [1.54, 1.807) is 24.3 Å². The molecule has 0 radical (unpaired) electrons. The maximum absolute atomic E-state index is 13.7. The number of carbonyl (C=O) groups is 1. The first-order valence-electron chi connectivity index (χ1n) is 7.44. The third-order valence-corrected chi connectivity index (χ3v) is 3.41. The molecule has 4 heteroatoms. The zero-order valence-corrected chi connectivity index (χ0v) is 12.8. The Hall–Kier alpha value is -3.14. The number of aldehydes is 1. The van der Waals surface area contributed by atoms with Crippen molar-refractivity contribution in [3.8, 4) is 17.2 Å². The lowest BCUT2D eigenvalue weighted by Crippen LogP contribution is -1.97. The van der Waals surface area contributed by atoms with Gasteiger partial charge in [0.25, 0.3) is 0 Å². The van der Waals surface area contributed by atoms with Crippen LogP contribution in [0.15, 0.2) is 72.8 Å². The van der Waals surface area contributed by atoms with E-state index in [0.717, 1.165) is 5.56 Å². The number of halogens is 1. The van der Waals surface area contributed by atoms with Crippen molar-refractivity contribution in [1.82, 2.24) is 0 Å². The van der Waals surface area contributed by atoms with Crippen LogP contribution in [0.5, 0.6) is 17.2 Å². The summed E-state index contributed by atoms with van der Waals surface area (Å²) >= 11 is 0. The molecule has 0 aromatic heterocycles. The zero-order valence-electron chi connectivity index (χ0n) is 12.8. The van der Waals surface area contributed by atoms with E-state index in [1.807, 2.05) is 36.4 Å². The Labute approximate surface area is 139 Å². The van der Waals surface area contributed by atoms with Crippen molar-refractivity contribution in [1.29, 1.82) is 0 Å². The standard InChI is InChI=1S/C20H15FO3/c21-18-12-17(11-10-16(18)13-22)24-20-9-5-4-8-19(20)23-14-15-6-2-1-3-7-15/h1-13H,14H2. The fourth-order valence-electron chi connectivity index (χ4n) is 2.18. The van der Waals surface area contributed by atoms with E-state index in [-0.39, 0.29) is 5.56 Å². The minimum atomic E-state index is -0.620.